The van der Waals surface area contributed by atoms with Gasteiger partial charge in [-0.05, 0) is 37.0 Å². The zero-order valence-corrected chi connectivity index (χ0v) is 13.3. The Kier molecular flexibility index (Phi) is 5.14. The molecule has 4 nitrogen and oxygen atoms in total. The maximum absolute atomic E-state index is 4.45. The van der Waals surface area contributed by atoms with Gasteiger partial charge in [-0.2, -0.15) is 0 Å². The summed E-state index contributed by atoms with van der Waals surface area (Å²) in [5.41, 5.74) is 2.37. The second kappa shape index (κ2) is 7.07. The van der Waals surface area contributed by atoms with Crippen molar-refractivity contribution in [3.8, 4) is 0 Å². The zero-order chi connectivity index (χ0) is 15.2. The smallest absolute Gasteiger partial charge is 0.136 e. The van der Waals surface area contributed by atoms with Gasteiger partial charge in [-0.15, -0.1) is 0 Å². The number of hydrogen-bond acceptors (Lipinski definition) is 4. The van der Waals surface area contributed by atoms with Crippen molar-refractivity contribution in [2.75, 3.05) is 17.2 Å². The summed E-state index contributed by atoms with van der Waals surface area (Å²) < 4.78 is 0. The number of aryl methyl sites for hydroxylation is 1. The fourth-order valence-electron chi connectivity index (χ4n) is 2.10. The molecule has 0 unspecified atom stereocenters. The molecule has 1 aromatic heterocycles. The molecule has 1 heterocycles. The van der Waals surface area contributed by atoms with Crippen molar-refractivity contribution in [3.63, 3.8) is 0 Å². The highest BCUT2D eigenvalue weighted by Gasteiger charge is 2.04. The second-order valence-corrected chi connectivity index (χ2v) is 5.52. The molecule has 0 aliphatic heterocycles. The van der Waals surface area contributed by atoms with Gasteiger partial charge in [-0.25, -0.2) is 9.97 Å². The Hall–Kier alpha value is -2.10. The van der Waals surface area contributed by atoms with Gasteiger partial charge in [0, 0.05) is 18.3 Å². The van der Waals surface area contributed by atoms with Crippen LogP contribution in [0.15, 0.2) is 30.3 Å². The van der Waals surface area contributed by atoms with Crippen molar-refractivity contribution >= 4 is 17.3 Å². The van der Waals surface area contributed by atoms with Crippen LogP contribution in [-0.2, 0) is 0 Å². The number of anilines is 3. The summed E-state index contributed by atoms with van der Waals surface area (Å²) in [6.45, 7) is 9.35. The number of nitrogens with zero attached hydrogens (tertiary/aromatic N) is 2. The minimum Gasteiger partial charge on any atom is -0.370 e. The van der Waals surface area contributed by atoms with Crippen LogP contribution in [0.25, 0.3) is 0 Å². The molecule has 21 heavy (non-hydrogen) atoms. The third kappa shape index (κ3) is 4.45. The minimum absolute atomic E-state index is 0.515. The molecule has 0 radical (unpaired) electrons. The van der Waals surface area contributed by atoms with Gasteiger partial charge in [0.25, 0.3) is 0 Å². The van der Waals surface area contributed by atoms with E-state index < -0.39 is 0 Å². The fraction of sp³-hybridized carbons (Fsp3) is 0.412. The van der Waals surface area contributed by atoms with E-state index in [1.165, 1.54) is 5.56 Å². The molecule has 0 fully saturated rings. The monoisotopic (exact) mass is 284 g/mol. The summed E-state index contributed by atoms with van der Waals surface area (Å²) in [7, 11) is 0. The average molecular weight is 284 g/mol. The van der Waals surface area contributed by atoms with Gasteiger partial charge >= 0.3 is 0 Å². The molecule has 2 rings (SSSR count). The van der Waals surface area contributed by atoms with Crippen LogP contribution in [0.4, 0.5) is 17.3 Å². The molecule has 2 N–H and O–H groups in total. The molecule has 0 spiro atoms. The predicted octanol–water partition coefficient (Wildman–Crippen LogP) is 4.47. The Morgan fingerprint density at radius 3 is 2.57 bits per heavy atom. The van der Waals surface area contributed by atoms with Crippen molar-refractivity contribution in [2.24, 2.45) is 0 Å². The van der Waals surface area contributed by atoms with E-state index in [1.54, 1.807) is 0 Å². The van der Waals surface area contributed by atoms with Gasteiger partial charge in [0.1, 0.15) is 17.5 Å². The molecule has 112 valence electrons. The largest absolute Gasteiger partial charge is 0.370 e. The van der Waals surface area contributed by atoms with Crippen molar-refractivity contribution in [2.45, 2.75) is 40.0 Å². The fourth-order valence-corrected chi connectivity index (χ4v) is 2.10. The van der Waals surface area contributed by atoms with E-state index in [4.69, 9.17) is 0 Å². The van der Waals surface area contributed by atoms with Crippen molar-refractivity contribution in [1.82, 2.24) is 9.97 Å². The Bertz CT molecular complexity index is 593. The molecule has 4 heteroatoms. The number of aromatic nitrogens is 2. The summed E-state index contributed by atoms with van der Waals surface area (Å²) in [6, 6.07) is 10.4. The number of rotatable bonds is 6. The second-order valence-electron chi connectivity index (χ2n) is 5.52. The van der Waals surface area contributed by atoms with Crippen LogP contribution >= 0.6 is 0 Å². The molecule has 0 aliphatic carbocycles. The van der Waals surface area contributed by atoms with Crippen LogP contribution in [0.5, 0.6) is 0 Å². The lowest BCUT2D eigenvalue weighted by atomic mass is 10.0. The van der Waals surface area contributed by atoms with Crippen LogP contribution in [0.1, 0.15) is 44.5 Å². The van der Waals surface area contributed by atoms with Crippen molar-refractivity contribution < 1.29 is 0 Å². The predicted molar refractivity (Wildman–Crippen MR) is 89.4 cm³/mol. The molecule has 0 amide bonds. The quantitative estimate of drug-likeness (QED) is 0.821. The topological polar surface area (TPSA) is 49.8 Å². The third-order valence-corrected chi connectivity index (χ3v) is 3.22. The summed E-state index contributed by atoms with van der Waals surface area (Å²) in [5, 5.41) is 6.67. The highest BCUT2D eigenvalue weighted by molar-refractivity contribution is 5.60. The summed E-state index contributed by atoms with van der Waals surface area (Å²) in [4.78, 5) is 8.85. The molecule has 1 aromatic carbocycles. The zero-order valence-electron chi connectivity index (χ0n) is 13.3. The first-order valence-electron chi connectivity index (χ1n) is 7.55. The van der Waals surface area contributed by atoms with Gasteiger partial charge in [0.15, 0.2) is 0 Å². The normalized spacial score (nSPS) is 10.7. The summed E-state index contributed by atoms with van der Waals surface area (Å²) in [6.07, 6.45) is 1.07. The van der Waals surface area contributed by atoms with E-state index in [0.717, 1.165) is 36.1 Å². The lowest BCUT2D eigenvalue weighted by Crippen LogP contribution is -2.05. The lowest BCUT2D eigenvalue weighted by molar-refractivity contribution is 0.867. The van der Waals surface area contributed by atoms with Crippen LogP contribution in [-0.4, -0.2) is 16.5 Å². The van der Waals surface area contributed by atoms with Crippen molar-refractivity contribution in [3.05, 3.63) is 41.7 Å². The highest BCUT2D eigenvalue weighted by Crippen LogP contribution is 2.22. The van der Waals surface area contributed by atoms with Gasteiger partial charge in [0.2, 0.25) is 0 Å². The molecule has 2 aromatic rings. The van der Waals surface area contributed by atoms with Crippen LogP contribution in [0.3, 0.4) is 0 Å². The van der Waals surface area contributed by atoms with E-state index in [2.05, 4.69) is 65.6 Å². The lowest BCUT2D eigenvalue weighted by Gasteiger charge is -2.12. The average Bonchev–Trinajstić information content (AvgIpc) is 2.45. The SMILES string of the molecule is CCCNc1cc(Nc2cccc(C(C)C)c2)nc(C)n1. The Labute approximate surface area is 127 Å². The first-order chi connectivity index (χ1) is 10.1. The molecule has 0 saturated carbocycles. The molecular weight excluding hydrogens is 260 g/mol. The Morgan fingerprint density at radius 2 is 1.86 bits per heavy atom. The van der Waals surface area contributed by atoms with E-state index in [9.17, 15) is 0 Å². The van der Waals surface area contributed by atoms with Gasteiger partial charge in [0.05, 0.1) is 0 Å². The highest BCUT2D eigenvalue weighted by atomic mass is 15.1. The molecule has 0 atom stereocenters. The maximum atomic E-state index is 4.45. The first kappa shape index (κ1) is 15.3. The van der Waals surface area contributed by atoms with Gasteiger partial charge in [-0.1, -0.05) is 32.9 Å². The van der Waals surface area contributed by atoms with Crippen LogP contribution in [0.2, 0.25) is 0 Å². The van der Waals surface area contributed by atoms with Crippen LogP contribution in [0, 0.1) is 6.92 Å². The number of hydrogen-bond donors (Lipinski definition) is 2. The Morgan fingerprint density at radius 1 is 1.10 bits per heavy atom. The molecule has 0 saturated heterocycles. The third-order valence-electron chi connectivity index (χ3n) is 3.22. The summed E-state index contributed by atoms with van der Waals surface area (Å²) in [5.74, 6) is 2.97. The van der Waals surface area contributed by atoms with E-state index >= 15 is 0 Å². The first-order valence-corrected chi connectivity index (χ1v) is 7.55. The van der Waals surface area contributed by atoms with Gasteiger partial charge < -0.3 is 10.6 Å². The maximum Gasteiger partial charge on any atom is 0.136 e. The van der Waals surface area contributed by atoms with Crippen molar-refractivity contribution in [1.29, 1.82) is 0 Å². The molecule has 0 aliphatic rings. The number of nitrogens with one attached hydrogen (secondary N) is 2. The summed E-state index contributed by atoms with van der Waals surface area (Å²) >= 11 is 0. The molecular formula is C17H24N4. The van der Waals surface area contributed by atoms with E-state index in [1.807, 2.05) is 13.0 Å². The molecule has 0 bridgehead atoms. The van der Waals surface area contributed by atoms with Crippen LogP contribution < -0.4 is 10.6 Å². The Balaban J connectivity index is 2.18. The standard InChI is InChI=1S/C17H24N4/c1-5-9-18-16-11-17(20-13(4)19-16)21-15-8-6-7-14(10-15)12(2)3/h6-8,10-12H,5,9H2,1-4H3,(H2,18,19,20,21). The van der Waals surface area contributed by atoms with E-state index in [0.29, 0.717) is 5.92 Å². The number of benzene rings is 1. The van der Waals surface area contributed by atoms with Gasteiger partial charge in [-0.3, -0.25) is 0 Å². The van der Waals surface area contributed by atoms with E-state index in [-0.39, 0.29) is 0 Å². The minimum atomic E-state index is 0.515.